The fourth-order valence-corrected chi connectivity index (χ4v) is 12.1. The number of hydrogen-bond donors (Lipinski definition) is 0. The third-order valence-corrected chi connectivity index (χ3v) is 15.7. The van der Waals surface area contributed by atoms with E-state index in [-0.39, 0.29) is 0 Å². The van der Waals surface area contributed by atoms with Crippen molar-refractivity contribution in [2.75, 3.05) is 0 Å². The summed E-state index contributed by atoms with van der Waals surface area (Å²) in [5.41, 5.74) is 6.75. The van der Waals surface area contributed by atoms with Gasteiger partial charge in [-0.1, -0.05) is 173 Å². The van der Waals surface area contributed by atoms with Crippen LogP contribution in [0.25, 0.3) is 0 Å². The van der Waals surface area contributed by atoms with E-state index in [1.54, 1.807) is 0 Å². The van der Waals surface area contributed by atoms with Crippen LogP contribution in [0.5, 0.6) is 0 Å². The molecule has 0 aliphatic heterocycles. The van der Waals surface area contributed by atoms with Crippen molar-refractivity contribution >= 4 is 37.1 Å². The van der Waals surface area contributed by atoms with Crippen molar-refractivity contribution in [2.24, 2.45) is 5.92 Å². The van der Waals surface area contributed by atoms with Crippen LogP contribution in [0.2, 0.25) is 0 Å². The summed E-state index contributed by atoms with van der Waals surface area (Å²) in [6.45, 7) is 25.9. The third kappa shape index (κ3) is 8.11. The largest absolute Gasteiger partial charge is 0.0613 e. The molecule has 0 spiro atoms. The van der Waals surface area contributed by atoms with E-state index in [1.807, 2.05) is 0 Å². The average Bonchev–Trinajstić information content (AvgIpc) is 3.01. The molecule has 0 nitrogen and oxygen atoms in total. The van der Waals surface area contributed by atoms with Gasteiger partial charge in [-0.05, 0) is 100 Å². The van der Waals surface area contributed by atoms with E-state index in [0.29, 0.717) is 40.9 Å². The van der Waals surface area contributed by atoms with Gasteiger partial charge in [0, 0.05) is 0 Å². The summed E-state index contributed by atoms with van der Waals surface area (Å²) in [6.07, 6.45) is 0. The molecule has 0 aliphatic rings. The number of rotatable bonds is 12. The molecule has 0 aliphatic carbocycles. The van der Waals surface area contributed by atoms with Crippen LogP contribution >= 0.6 is 15.8 Å². The minimum Gasteiger partial charge on any atom is -0.0613 e. The lowest BCUT2D eigenvalue weighted by Gasteiger charge is -2.38. The topological polar surface area (TPSA) is 0 Å². The highest BCUT2D eigenvalue weighted by molar-refractivity contribution is 7.74. The van der Waals surface area contributed by atoms with Gasteiger partial charge in [0.15, 0.2) is 0 Å². The monoisotopic (exact) mass is 622 g/mol. The summed E-state index contributed by atoms with van der Waals surface area (Å²) in [4.78, 5) is 0. The fourth-order valence-electron chi connectivity index (χ4n) is 6.19. The molecular weight excluding hydrogens is 566 g/mol. The summed E-state index contributed by atoms with van der Waals surface area (Å²) in [6, 6.07) is 38.5. The van der Waals surface area contributed by atoms with Gasteiger partial charge in [-0.25, -0.2) is 0 Å². The Balaban J connectivity index is 1.75. The minimum absolute atomic E-state index is 0.527. The maximum Gasteiger partial charge on any atom is -0.0125 e. The van der Waals surface area contributed by atoms with Crippen LogP contribution in [-0.2, 0) is 0 Å². The van der Waals surface area contributed by atoms with E-state index >= 15 is 0 Å². The second-order valence-corrected chi connectivity index (χ2v) is 19.2. The molecule has 4 aromatic carbocycles. The van der Waals surface area contributed by atoms with Crippen LogP contribution in [0.4, 0.5) is 0 Å². The number of hydrogen-bond acceptors (Lipinski definition) is 0. The summed E-state index contributed by atoms with van der Waals surface area (Å²) in [5.74, 6) is 2.72. The van der Waals surface area contributed by atoms with Gasteiger partial charge in [0.05, 0.1) is 0 Å². The van der Waals surface area contributed by atoms with Crippen molar-refractivity contribution in [1.29, 1.82) is 0 Å². The van der Waals surface area contributed by atoms with Gasteiger partial charge < -0.3 is 0 Å². The van der Waals surface area contributed by atoms with Gasteiger partial charge in [-0.15, -0.1) is 0 Å². The molecule has 0 N–H and O–H groups in total. The Kier molecular flexibility index (Phi) is 12.1. The second kappa shape index (κ2) is 15.4. The molecule has 44 heavy (non-hydrogen) atoms. The molecule has 0 heterocycles. The van der Waals surface area contributed by atoms with E-state index in [4.69, 9.17) is 0 Å². The summed E-state index contributed by atoms with van der Waals surface area (Å²) in [5, 5.41) is 6.00. The standard InChI is InChI=1S/C42H56P2/c1-28(2)35-12-20-39(21-13-35)43(40-22-14-36(15-23-40)29(3)4)33(10)32(9)34(11)44(41-24-16-37(17-25-41)30(5)6)42-26-18-38(19-27-42)31(7)8/h12-34H,1-11H3. The predicted octanol–water partition coefficient (Wildman–Crippen LogP) is 11.2. The molecule has 0 saturated heterocycles. The highest BCUT2D eigenvalue weighted by atomic mass is 31.1. The maximum absolute atomic E-state index is 2.54. The fraction of sp³-hybridized carbons (Fsp3) is 0.429. The smallest absolute Gasteiger partial charge is 0.0125 e. The lowest BCUT2D eigenvalue weighted by Crippen LogP contribution is -2.33. The quantitative estimate of drug-likeness (QED) is 0.138. The van der Waals surface area contributed by atoms with Gasteiger partial charge in [-0.2, -0.15) is 0 Å². The Morgan fingerprint density at radius 2 is 0.477 bits per heavy atom. The molecule has 2 heteroatoms. The Labute approximate surface area is 272 Å². The van der Waals surface area contributed by atoms with Crippen molar-refractivity contribution in [3.8, 4) is 0 Å². The van der Waals surface area contributed by atoms with Crippen LogP contribution < -0.4 is 21.2 Å². The lowest BCUT2D eigenvalue weighted by atomic mass is 10.0. The molecule has 0 aromatic heterocycles. The first-order valence-electron chi connectivity index (χ1n) is 16.9. The predicted molar refractivity (Wildman–Crippen MR) is 203 cm³/mol. The van der Waals surface area contributed by atoms with Crippen molar-refractivity contribution in [2.45, 2.75) is 111 Å². The van der Waals surface area contributed by atoms with Crippen LogP contribution in [0.1, 0.15) is 122 Å². The molecule has 4 rings (SSSR count). The Bertz CT molecular complexity index is 1210. The van der Waals surface area contributed by atoms with Gasteiger partial charge in [0.25, 0.3) is 0 Å². The minimum atomic E-state index is -0.527. The molecule has 0 saturated carbocycles. The van der Waals surface area contributed by atoms with Crippen molar-refractivity contribution in [1.82, 2.24) is 0 Å². The Hall–Kier alpha value is -2.26. The Morgan fingerprint density at radius 1 is 0.295 bits per heavy atom. The van der Waals surface area contributed by atoms with Gasteiger partial charge in [0.1, 0.15) is 0 Å². The van der Waals surface area contributed by atoms with Crippen molar-refractivity contribution < 1.29 is 0 Å². The van der Waals surface area contributed by atoms with E-state index in [9.17, 15) is 0 Å². The van der Waals surface area contributed by atoms with Crippen LogP contribution in [0, 0.1) is 5.92 Å². The molecular formula is C42H56P2. The molecule has 0 radical (unpaired) electrons. The first-order valence-corrected chi connectivity index (χ1v) is 19.7. The zero-order valence-corrected chi connectivity index (χ0v) is 31.0. The van der Waals surface area contributed by atoms with E-state index in [2.05, 4.69) is 173 Å². The average molecular weight is 623 g/mol. The SMILES string of the molecule is CC(C)c1ccc(P(c2ccc(C(C)C)cc2)C(C)C(C)C(C)P(c2ccc(C(C)C)cc2)c2ccc(C(C)C)cc2)cc1. The third-order valence-electron chi connectivity index (χ3n) is 9.69. The maximum atomic E-state index is 2.54. The summed E-state index contributed by atoms with van der Waals surface area (Å²) < 4.78 is 0. The molecule has 234 valence electrons. The zero-order chi connectivity index (χ0) is 32.1. The van der Waals surface area contributed by atoms with Crippen LogP contribution in [0.15, 0.2) is 97.1 Å². The highest BCUT2D eigenvalue weighted by Crippen LogP contribution is 2.51. The molecule has 2 atom stereocenters. The van der Waals surface area contributed by atoms with E-state index < -0.39 is 15.8 Å². The second-order valence-electron chi connectivity index (χ2n) is 14.1. The van der Waals surface area contributed by atoms with Gasteiger partial charge in [0.2, 0.25) is 0 Å². The molecule has 4 aromatic rings. The van der Waals surface area contributed by atoms with Gasteiger partial charge in [-0.3, -0.25) is 0 Å². The molecule has 0 bridgehead atoms. The van der Waals surface area contributed by atoms with Crippen molar-refractivity contribution in [3.05, 3.63) is 119 Å². The van der Waals surface area contributed by atoms with Crippen LogP contribution in [0.3, 0.4) is 0 Å². The molecule has 0 amide bonds. The van der Waals surface area contributed by atoms with E-state index in [0.717, 1.165) is 0 Å². The zero-order valence-electron chi connectivity index (χ0n) is 29.2. The normalized spacial score (nSPS) is 14.3. The summed E-state index contributed by atoms with van der Waals surface area (Å²) in [7, 11) is -1.05. The first kappa shape index (κ1) is 34.6. The van der Waals surface area contributed by atoms with E-state index in [1.165, 1.54) is 43.5 Å². The van der Waals surface area contributed by atoms with Crippen LogP contribution in [-0.4, -0.2) is 11.3 Å². The Morgan fingerprint density at radius 3 is 0.636 bits per heavy atom. The first-order chi connectivity index (χ1) is 20.9. The summed E-state index contributed by atoms with van der Waals surface area (Å²) >= 11 is 0. The number of benzene rings is 4. The lowest BCUT2D eigenvalue weighted by molar-refractivity contribution is 0.564. The van der Waals surface area contributed by atoms with Gasteiger partial charge >= 0.3 is 0 Å². The highest BCUT2D eigenvalue weighted by Gasteiger charge is 2.34. The molecule has 2 unspecified atom stereocenters. The molecule has 0 fully saturated rings. The van der Waals surface area contributed by atoms with Crippen molar-refractivity contribution in [3.63, 3.8) is 0 Å².